The molecular formula is C17H26N2. The maximum Gasteiger partial charge on any atom is 0.0362 e. The van der Waals surface area contributed by atoms with Crippen LogP contribution in [0.2, 0.25) is 0 Å². The van der Waals surface area contributed by atoms with E-state index in [9.17, 15) is 0 Å². The predicted molar refractivity (Wildman–Crippen MR) is 81.0 cm³/mol. The van der Waals surface area contributed by atoms with E-state index in [4.69, 9.17) is 5.73 Å². The topological polar surface area (TPSA) is 29.3 Å². The van der Waals surface area contributed by atoms with Crippen molar-refractivity contribution >= 4 is 5.69 Å². The predicted octanol–water partition coefficient (Wildman–Crippen LogP) is 3.60. The number of hydrogen-bond acceptors (Lipinski definition) is 2. The van der Waals surface area contributed by atoms with Gasteiger partial charge in [0.1, 0.15) is 0 Å². The van der Waals surface area contributed by atoms with E-state index in [0.717, 1.165) is 24.2 Å². The highest BCUT2D eigenvalue weighted by Crippen LogP contribution is 2.34. The smallest absolute Gasteiger partial charge is 0.0362 e. The molecule has 1 fully saturated rings. The summed E-state index contributed by atoms with van der Waals surface area (Å²) < 4.78 is 0. The molecule has 3 rings (SSSR count). The van der Waals surface area contributed by atoms with E-state index in [1.54, 1.807) is 0 Å². The minimum absolute atomic E-state index is 0.798. The van der Waals surface area contributed by atoms with Gasteiger partial charge in [-0.2, -0.15) is 0 Å². The van der Waals surface area contributed by atoms with Gasteiger partial charge in [0.2, 0.25) is 0 Å². The normalized spacial score (nSPS) is 28.1. The van der Waals surface area contributed by atoms with Crippen LogP contribution in [0.5, 0.6) is 0 Å². The summed E-state index contributed by atoms with van der Waals surface area (Å²) in [5.74, 6) is 0.903. The minimum atomic E-state index is 0.798. The van der Waals surface area contributed by atoms with Crippen molar-refractivity contribution in [2.24, 2.45) is 5.92 Å². The molecule has 2 nitrogen and oxygen atoms in total. The van der Waals surface area contributed by atoms with Crippen LogP contribution in [-0.2, 0) is 13.0 Å². The van der Waals surface area contributed by atoms with Crippen LogP contribution in [0.15, 0.2) is 18.2 Å². The standard InChI is InChI=1S/C17H26N2/c1-2-13-6-3-4-9-17(13)19-11-10-14-7-5-8-16(18)15(14)12-19/h5,7-8,13,17H,2-4,6,9-12,18H2,1H3. The highest BCUT2D eigenvalue weighted by atomic mass is 15.2. The first-order valence-electron chi connectivity index (χ1n) is 7.90. The van der Waals surface area contributed by atoms with Crippen LogP contribution in [0.4, 0.5) is 5.69 Å². The van der Waals surface area contributed by atoms with Crippen LogP contribution >= 0.6 is 0 Å². The molecule has 0 aromatic heterocycles. The monoisotopic (exact) mass is 258 g/mol. The summed E-state index contributed by atoms with van der Waals surface area (Å²) in [7, 11) is 0. The van der Waals surface area contributed by atoms with E-state index in [-0.39, 0.29) is 0 Å². The van der Waals surface area contributed by atoms with E-state index in [1.165, 1.54) is 56.2 Å². The molecule has 2 heteroatoms. The van der Waals surface area contributed by atoms with E-state index >= 15 is 0 Å². The quantitative estimate of drug-likeness (QED) is 0.821. The molecule has 2 aliphatic rings. The number of nitrogens with two attached hydrogens (primary N) is 1. The van der Waals surface area contributed by atoms with Crippen molar-refractivity contribution in [1.29, 1.82) is 0 Å². The van der Waals surface area contributed by atoms with Crippen LogP contribution in [0, 0.1) is 5.92 Å². The lowest BCUT2D eigenvalue weighted by Crippen LogP contribution is -2.45. The molecule has 0 amide bonds. The molecule has 2 N–H and O–H groups in total. The maximum absolute atomic E-state index is 6.17. The molecule has 104 valence electrons. The summed E-state index contributed by atoms with van der Waals surface area (Å²) in [6, 6.07) is 7.20. The highest BCUT2D eigenvalue weighted by Gasteiger charge is 2.31. The molecule has 19 heavy (non-hydrogen) atoms. The molecular weight excluding hydrogens is 232 g/mol. The van der Waals surface area contributed by atoms with Crippen LogP contribution in [0.25, 0.3) is 0 Å². The van der Waals surface area contributed by atoms with Crippen molar-refractivity contribution in [3.05, 3.63) is 29.3 Å². The molecule has 1 aromatic carbocycles. The van der Waals surface area contributed by atoms with Gasteiger partial charge in [-0.15, -0.1) is 0 Å². The molecule has 1 aliphatic carbocycles. The molecule has 2 unspecified atom stereocenters. The Hall–Kier alpha value is -1.02. The molecule has 1 heterocycles. The molecule has 2 atom stereocenters. The lowest BCUT2D eigenvalue weighted by Gasteiger charge is -2.42. The van der Waals surface area contributed by atoms with Crippen molar-refractivity contribution in [3.8, 4) is 0 Å². The maximum atomic E-state index is 6.17. The molecule has 1 saturated carbocycles. The number of rotatable bonds is 2. The Morgan fingerprint density at radius 1 is 1.26 bits per heavy atom. The van der Waals surface area contributed by atoms with Gasteiger partial charge < -0.3 is 5.73 Å². The van der Waals surface area contributed by atoms with Crippen molar-refractivity contribution in [2.45, 2.75) is 58.0 Å². The van der Waals surface area contributed by atoms with Crippen molar-refractivity contribution < 1.29 is 0 Å². The number of fused-ring (bicyclic) bond motifs is 1. The van der Waals surface area contributed by atoms with Gasteiger partial charge in [0.25, 0.3) is 0 Å². The summed E-state index contributed by atoms with van der Waals surface area (Å²) >= 11 is 0. The summed E-state index contributed by atoms with van der Waals surface area (Å²) in [5.41, 5.74) is 10.0. The largest absolute Gasteiger partial charge is 0.398 e. The van der Waals surface area contributed by atoms with Gasteiger partial charge in [-0.3, -0.25) is 4.90 Å². The van der Waals surface area contributed by atoms with E-state index in [0.29, 0.717) is 0 Å². The lowest BCUT2D eigenvalue weighted by atomic mass is 9.81. The van der Waals surface area contributed by atoms with Gasteiger partial charge in [0.15, 0.2) is 0 Å². The third kappa shape index (κ3) is 2.51. The zero-order chi connectivity index (χ0) is 13.2. The fourth-order valence-corrected chi connectivity index (χ4v) is 4.06. The molecule has 1 aliphatic heterocycles. The Morgan fingerprint density at radius 2 is 2.11 bits per heavy atom. The second kappa shape index (κ2) is 5.54. The molecule has 0 spiro atoms. The van der Waals surface area contributed by atoms with Gasteiger partial charge in [-0.25, -0.2) is 0 Å². The summed E-state index contributed by atoms with van der Waals surface area (Å²) in [4.78, 5) is 2.71. The summed E-state index contributed by atoms with van der Waals surface area (Å²) in [5, 5.41) is 0. The van der Waals surface area contributed by atoms with Crippen LogP contribution in [-0.4, -0.2) is 17.5 Å². The first kappa shape index (κ1) is 13.0. The Balaban J connectivity index is 1.79. The number of benzene rings is 1. The third-order valence-corrected chi connectivity index (χ3v) is 5.20. The van der Waals surface area contributed by atoms with Crippen molar-refractivity contribution in [1.82, 2.24) is 4.90 Å². The van der Waals surface area contributed by atoms with Gasteiger partial charge in [0.05, 0.1) is 0 Å². The third-order valence-electron chi connectivity index (χ3n) is 5.20. The van der Waals surface area contributed by atoms with Gasteiger partial charge in [0, 0.05) is 24.8 Å². The van der Waals surface area contributed by atoms with Crippen molar-refractivity contribution in [3.63, 3.8) is 0 Å². The minimum Gasteiger partial charge on any atom is -0.398 e. The lowest BCUT2D eigenvalue weighted by molar-refractivity contribution is 0.0892. The zero-order valence-electron chi connectivity index (χ0n) is 12.1. The summed E-state index contributed by atoms with van der Waals surface area (Å²) in [6.07, 6.45) is 8.16. The van der Waals surface area contributed by atoms with Crippen LogP contribution in [0.3, 0.4) is 0 Å². The number of anilines is 1. The Morgan fingerprint density at radius 3 is 2.95 bits per heavy atom. The van der Waals surface area contributed by atoms with Gasteiger partial charge in [-0.05, 0) is 42.4 Å². The van der Waals surface area contributed by atoms with E-state index in [2.05, 4.69) is 30.0 Å². The van der Waals surface area contributed by atoms with Gasteiger partial charge >= 0.3 is 0 Å². The zero-order valence-corrected chi connectivity index (χ0v) is 12.1. The number of nitrogen functional groups attached to an aromatic ring is 1. The Labute approximate surface area is 117 Å². The number of hydrogen-bond donors (Lipinski definition) is 1. The molecule has 0 saturated heterocycles. The van der Waals surface area contributed by atoms with Gasteiger partial charge in [-0.1, -0.05) is 38.3 Å². The van der Waals surface area contributed by atoms with Crippen molar-refractivity contribution in [2.75, 3.05) is 12.3 Å². The fourth-order valence-electron chi connectivity index (χ4n) is 4.06. The molecule has 0 bridgehead atoms. The first-order chi connectivity index (χ1) is 9.29. The Bertz CT molecular complexity index is 441. The Kier molecular flexibility index (Phi) is 3.79. The molecule has 0 radical (unpaired) electrons. The fraction of sp³-hybridized carbons (Fsp3) is 0.647. The van der Waals surface area contributed by atoms with Crippen LogP contribution in [0.1, 0.15) is 50.2 Å². The second-order valence-corrected chi connectivity index (χ2v) is 6.23. The highest BCUT2D eigenvalue weighted by molar-refractivity contribution is 5.51. The average molecular weight is 258 g/mol. The van der Waals surface area contributed by atoms with E-state index < -0.39 is 0 Å². The SMILES string of the molecule is CCC1CCCCC1N1CCc2cccc(N)c2C1. The average Bonchev–Trinajstić information content (AvgIpc) is 2.47. The molecule has 1 aromatic rings. The number of nitrogens with zero attached hydrogens (tertiary/aromatic N) is 1. The summed E-state index contributed by atoms with van der Waals surface area (Å²) in [6.45, 7) is 4.65. The second-order valence-electron chi connectivity index (χ2n) is 6.23. The first-order valence-corrected chi connectivity index (χ1v) is 7.90. The van der Waals surface area contributed by atoms with Crippen LogP contribution < -0.4 is 5.73 Å². The van der Waals surface area contributed by atoms with E-state index in [1.807, 2.05) is 0 Å².